The van der Waals surface area contributed by atoms with Gasteiger partial charge in [0, 0.05) is 24.9 Å². The van der Waals surface area contributed by atoms with Gasteiger partial charge in [-0.05, 0) is 67.3 Å². The van der Waals surface area contributed by atoms with Crippen LogP contribution in [0.5, 0.6) is 5.75 Å². The minimum Gasteiger partial charge on any atom is -0.492 e. The molecule has 5 aromatic carbocycles. The zero-order valence-electron chi connectivity index (χ0n) is 32.5. The number of carbonyl (C=O) groups excluding carboxylic acids is 3. The van der Waals surface area contributed by atoms with Gasteiger partial charge in [-0.15, -0.1) is 11.8 Å². The summed E-state index contributed by atoms with van der Waals surface area (Å²) in [4.78, 5) is 39.6. The van der Waals surface area contributed by atoms with E-state index in [4.69, 9.17) is 15.2 Å². The number of nitrogens with one attached hydrogen (secondary N) is 2. The summed E-state index contributed by atoms with van der Waals surface area (Å²) in [5.41, 5.74) is 12.4. The summed E-state index contributed by atoms with van der Waals surface area (Å²) in [7, 11) is 0. The van der Waals surface area contributed by atoms with Gasteiger partial charge < -0.3 is 20.5 Å². The number of carbonyl (C=O) groups is 3. The third-order valence-electron chi connectivity index (χ3n) is 9.67. The number of hydrazine groups is 1. The van der Waals surface area contributed by atoms with E-state index in [1.165, 1.54) is 6.07 Å². The highest BCUT2D eigenvalue weighted by molar-refractivity contribution is 8.00. The summed E-state index contributed by atoms with van der Waals surface area (Å²) in [6, 6.07) is 41.2. The molecule has 0 spiro atoms. The van der Waals surface area contributed by atoms with Crippen molar-refractivity contribution in [3.63, 3.8) is 0 Å². The van der Waals surface area contributed by atoms with Crippen molar-refractivity contribution in [2.45, 2.75) is 62.5 Å². The van der Waals surface area contributed by atoms with Gasteiger partial charge in [0.2, 0.25) is 5.91 Å². The number of benzene rings is 5. The van der Waals surface area contributed by atoms with Crippen molar-refractivity contribution < 1.29 is 28.2 Å². The normalized spacial score (nSPS) is 14.5. The molecular formula is C46H49FN4O5S. The number of hydrogen-bond donors (Lipinski definition) is 3. The van der Waals surface area contributed by atoms with Crippen molar-refractivity contribution in [3.05, 3.63) is 173 Å². The molecular weight excluding hydrogens is 740 g/mol. The lowest BCUT2D eigenvalue weighted by molar-refractivity contribution is -0.119. The number of nitrogens with two attached hydrogens (primary N) is 1. The lowest BCUT2D eigenvalue weighted by Crippen LogP contribution is -2.48. The largest absolute Gasteiger partial charge is 0.492 e. The summed E-state index contributed by atoms with van der Waals surface area (Å²) in [6.07, 6.45) is 0.508. The number of fused-ring (bicyclic) bond motifs is 1. The molecule has 2 atom stereocenters. The van der Waals surface area contributed by atoms with E-state index in [-0.39, 0.29) is 24.3 Å². The van der Waals surface area contributed by atoms with Crippen LogP contribution in [0.2, 0.25) is 0 Å². The number of thioether (sulfide) groups is 1. The maximum Gasteiger partial charge on any atom is 0.422 e. The van der Waals surface area contributed by atoms with Crippen LogP contribution in [0, 0.1) is 5.82 Å². The first-order valence-corrected chi connectivity index (χ1v) is 20.1. The van der Waals surface area contributed by atoms with E-state index < -0.39 is 46.2 Å². The summed E-state index contributed by atoms with van der Waals surface area (Å²) >= 11 is 1.80. The molecule has 0 bridgehead atoms. The topological polar surface area (TPSA) is 123 Å². The van der Waals surface area contributed by atoms with Crippen LogP contribution in [0.3, 0.4) is 0 Å². The molecule has 9 nitrogen and oxygen atoms in total. The van der Waals surface area contributed by atoms with Gasteiger partial charge in [0.25, 0.3) is 5.91 Å². The third-order valence-corrected chi connectivity index (χ3v) is 11.3. The number of hydrogen-bond acceptors (Lipinski definition) is 7. The Morgan fingerprint density at radius 3 is 1.93 bits per heavy atom. The van der Waals surface area contributed by atoms with E-state index >= 15 is 4.39 Å². The van der Waals surface area contributed by atoms with E-state index in [2.05, 4.69) is 83.5 Å². The average molecular weight is 789 g/mol. The number of rotatable bonds is 15. The fourth-order valence-electron chi connectivity index (χ4n) is 7.19. The standard InChI is InChI=1S/C46H49FN4O5S/c1-45(2,3)56-44(54)50-51(26-16-28-57-46(33-19-10-5-11-20-33,34-21-12-6-13-22-34)35-23-14-7-15-24-35)40-25-27-55-41-37(40)30-36(47)31-38(41)43(53)49-39(42(48)52)29-32-17-8-4-9-18-32/h4-15,17-24,30-31,39-40H,16,25-29H2,1-3H3,(H2,48,52)(H,49,53)(H,50,54)/t39-,40-/m0/s1. The molecule has 6 rings (SSSR count). The van der Waals surface area contributed by atoms with Crippen LogP contribution < -0.4 is 21.2 Å². The van der Waals surface area contributed by atoms with Gasteiger partial charge in [-0.3, -0.25) is 15.0 Å². The number of amides is 3. The predicted molar refractivity (Wildman–Crippen MR) is 222 cm³/mol. The molecule has 0 saturated carbocycles. The van der Waals surface area contributed by atoms with Gasteiger partial charge in [-0.25, -0.2) is 14.2 Å². The number of primary amides is 1. The van der Waals surface area contributed by atoms with Crippen LogP contribution in [0.4, 0.5) is 9.18 Å². The smallest absolute Gasteiger partial charge is 0.422 e. The predicted octanol–water partition coefficient (Wildman–Crippen LogP) is 8.33. The summed E-state index contributed by atoms with van der Waals surface area (Å²) in [6.45, 7) is 5.90. The average Bonchev–Trinajstić information content (AvgIpc) is 3.20. The van der Waals surface area contributed by atoms with E-state index in [1.54, 1.807) is 37.5 Å². The Morgan fingerprint density at radius 2 is 1.40 bits per heavy atom. The van der Waals surface area contributed by atoms with Crippen LogP contribution in [-0.4, -0.2) is 53.5 Å². The highest BCUT2D eigenvalue weighted by atomic mass is 32.2. The van der Waals surface area contributed by atoms with E-state index in [0.717, 1.165) is 28.3 Å². The molecule has 0 radical (unpaired) electrons. The highest BCUT2D eigenvalue weighted by Crippen LogP contribution is 2.49. The molecule has 3 amide bonds. The minimum atomic E-state index is -1.05. The van der Waals surface area contributed by atoms with E-state index in [1.807, 2.05) is 48.5 Å². The maximum atomic E-state index is 15.5. The van der Waals surface area contributed by atoms with Gasteiger partial charge in [0.05, 0.1) is 23.0 Å². The first-order valence-electron chi connectivity index (χ1n) is 19.1. The zero-order valence-corrected chi connectivity index (χ0v) is 33.3. The Morgan fingerprint density at radius 1 is 0.860 bits per heavy atom. The first kappa shape index (κ1) is 41.0. The van der Waals surface area contributed by atoms with Crippen molar-refractivity contribution in [1.82, 2.24) is 15.8 Å². The maximum absolute atomic E-state index is 15.5. The number of nitrogens with zero attached hydrogens (tertiary/aromatic N) is 1. The van der Waals surface area contributed by atoms with Gasteiger partial charge >= 0.3 is 6.09 Å². The first-order chi connectivity index (χ1) is 27.4. The second-order valence-electron chi connectivity index (χ2n) is 14.9. The van der Waals surface area contributed by atoms with Crippen molar-refractivity contribution in [1.29, 1.82) is 0 Å². The van der Waals surface area contributed by atoms with Crippen molar-refractivity contribution in [2.75, 3.05) is 18.9 Å². The Labute approximate surface area is 338 Å². The van der Waals surface area contributed by atoms with E-state index in [9.17, 15) is 14.4 Å². The van der Waals surface area contributed by atoms with Gasteiger partial charge in [-0.2, -0.15) is 0 Å². The minimum absolute atomic E-state index is 0.0693. The summed E-state index contributed by atoms with van der Waals surface area (Å²) in [5, 5.41) is 4.45. The van der Waals surface area contributed by atoms with Gasteiger partial charge in [0.1, 0.15) is 23.2 Å². The van der Waals surface area contributed by atoms with Crippen molar-refractivity contribution in [3.8, 4) is 5.75 Å². The molecule has 11 heteroatoms. The molecule has 0 saturated heterocycles. The van der Waals surface area contributed by atoms with Gasteiger partial charge in [0.15, 0.2) is 0 Å². The Balaban J connectivity index is 1.29. The molecule has 5 aromatic rings. The summed E-state index contributed by atoms with van der Waals surface area (Å²) < 4.78 is 26.7. The van der Waals surface area contributed by atoms with Crippen LogP contribution in [0.15, 0.2) is 133 Å². The molecule has 1 heterocycles. The SMILES string of the molecule is CC(C)(C)OC(=O)NN(CCCSC(c1ccccc1)(c1ccccc1)c1ccccc1)[C@H]1CCOc2c(C(=O)N[C@@H](Cc3ccccc3)C(N)=O)cc(F)cc21. The van der Waals surface area contributed by atoms with Crippen molar-refractivity contribution in [2.24, 2.45) is 5.73 Å². The lowest BCUT2D eigenvalue weighted by atomic mass is 9.84. The molecule has 0 aromatic heterocycles. The van der Waals surface area contributed by atoms with Gasteiger partial charge in [-0.1, -0.05) is 121 Å². The molecule has 296 valence electrons. The number of ether oxygens (including phenoxy) is 2. The Bertz CT molecular complexity index is 2020. The van der Waals surface area contributed by atoms with Crippen LogP contribution in [0.25, 0.3) is 0 Å². The molecule has 0 fully saturated rings. The third kappa shape index (κ3) is 10.2. The van der Waals surface area contributed by atoms with Crippen LogP contribution in [0.1, 0.15) is 77.8 Å². The molecule has 1 aliphatic heterocycles. The van der Waals surface area contributed by atoms with E-state index in [0.29, 0.717) is 30.7 Å². The Kier molecular flexibility index (Phi) is 13.3. The fourth-order valence-corrected chi connectivity index (χ4v) is 8.68. The monoisotopic (exact) mass is 788 g/mol. The molecule has 0 unspecified atom stereocenters. The lowest BCUT2D eigenvalue weighted by Gasteiger charge is -2.38. The zero-order chi connectivity index (χ0) is 40.4. The van der Waals surface area contributed by atoms with Crippen LogP contribution in [-0.2, 0) is 20.7 Å². The molecule has 4 N–H and O–H groups in total. The molecule has 1 aliphatic rings. The molecule has 0 aliphatic carbocycles. The highest BCUT2D eigenvalue weighted by Gasteiger charge is 2.38. The quantitative estimate of drug-likeness (QED) is 0.0554. The second kappa shape index (κ2) is 18.5. The number of halogens is 1. The Hall–Kier alpha value is -5.65. The fraction of sp³-hybridized carbons (Fsp3) is 0.283. The van der Waals surface area contributed by atoms with Crippen molar-refractivity contribution >= 4 is 29.7 Å². The van der Waals surface area contributed by atoms with Crippen LogP contribution >= 0.6 is 11.8 Å². The molecule has 57 heavy (non-hydrogen) atoms. The summed E-state index contributed by atoms with van der Waals surface area (Å²) in [5.74, 6) is -1.24. The second-order valence-corrected chi connectivity index (χ2v) is 16.2.